The summed E-state index contributed by atoms with van der Waals surface area (Å²) < 4.78 is 5.50. The Bertz CT molecular complexity index is 471. The highest BCUT2D eigenvalue weighted by Crippen LogP contribution is 2.19. The molecule has 0 fully saturated rings. The van der Waals surface area contributed by atoms with E-state index in [-0.39, 0.29) is 5.91 Å². The average Bonchev–Trinajstić information content (AvgIpc) is 2.48. The number of hydrogen-bond donors (Lipinski definition) is 2. The van der Waals surface area contributed by atoms with Gasteiger partial charge in [-0.3, -0.25) is 4.79 Å². The Kier molecular flexibility index (Phi) is 5.47. The maximum Gasteiger partial charge on any atom is 0.223 e. The van der Waals surface area contributed by atoms with Crippen LogP contribution in [0.5, 0.6) is 5.75 Å². The summed E-state index contributed by atoms with van der Waals surface area (Å²) in [5.74, 6) is 1.25. The molecule has 0 aliphatic heterocycles. The largest absolute Gasteiger partial charge is 0.491 e. The summed E-state index contributed by atoms with van der Waals surface area (Å²) in [4.78, 5) is 11.7. The summed E-state index contributed by atoms with van der Waals surface area (Å²) in [6.45, 7) is 1.11. The number of ether oxygens (including phenoxy) is 1. The van der Waals surface area contributed by atoms with Crippen molar-refractivity contribution in [1.82, 2.24) is 5.32 Å². The molecule has 1 atom stereocenters. The number of rotatable bonds is 6. The van der Waals surface area contributed by atoms with Crippen LogP contribution in [0.1, 0.15) is 25.7 Å². The van der Waals surface area contributed by atoms with Crippen molar-refractivity contribution in [1.29, 1.82) is 0 Å². The average molecular weight is 274 g/mol. The van der Waals surface area contributed by atoms with Crippen LogP contribution in [0.15, 0.2) is 36.4 Å². The van der Waals surface area contributed by atoms with Crippen LogP contribution in [0.2, 0.25) is 0 Å². The third-order valence-electron chi connectivity index (χ3n) is 3.47. The van der Waals surface area contributed by atoms with Crippen LogP contribution in [0.4, 0.5) is 5.69 Å². The second-order valence-electron chi connectivity index (χ2n) is 5.09. The number of nitrogens with two attached hydrogens (primary N) is 1. The van der Waals surface area contributed by atoms with Gasteiger partial charge in [0.1, 0.15) is 5.75 Å². The van der Waals surface area contributed by atoms with Crippen LogP contribution in [0, 0.1) is 5.92 Å². The van der Waals surface area contributed by atoms with Gasteiger partial charge in [0.25, 0.3) is 0 Å². The Labute approximate surface area is 120 Å². The number of allylic oxidation sites excluding steroid dienone is 2. The molecule has 0 bridgehead atoms. The second-order valence-corrected chi connectivity index (χ2v) is 5.09. The fourth-order valence-corrected chi connectivity index (χ4v) is 2.25. The van der Waals surface area contributed by atoms with Crippen LogP contribution in [0.3, 0.4) is 0 Å². The molecule has 1 aromatic carbocycles. The van der Waals surface area contributed by atoms with E-state index in [1.165, 1.54) is 0 Å². The number of carbonyl (C=O) groups excluding carboxylic acids is 1. The number of para-hydroxylation sites is 2. The first kappa shape index (κ1) is 14.4. The Hall–Kier alpha value is -1.97. The molecule has 0 saturated carbocycles. The number of anilines is 1. The number of nitrogens with one attached hydrogen (secondary N) is 1. The van der Waals surface area contributed by atoms with Crippen LogP contribution >= 0.6 is 0 Å². The Morgan fingerprint density at radius 3 is 2.95 bits per heavy atom. The smallest absolute Gasteiger partial charge is 0.223 e. The molecule has 0 radical (unpaired) electrons. The summed E-state index contributed by atoms with van der Waals surface area (Å²) in [7, 11) is 0. The van der Waals surface area contributed by atoms with Crippen molar-refractivity contribution in [2.24, 2.45) is 5.92 Å². The molecule has 0 aromatic heterocycles. The molecule has 2 rings (SSSR count). The molecule has 1 aromatic rings. The van der Waals surface area contributed by atoms with Gasteiger partial charge >= 0.3 is 0 Å². The zero-order chi connectivity index (χ0) is 14.2. The first-order chi connectivity index (χ1) is 9.75. The highest BCUT2D eigenvalue weighted by atomic mass is 16.5. The Morgan fingerprint density at radius 2 is 2.20 bits per heavy atom. The van der Waals surface area contributed by atoms with Gasteiger partial charge in [-0.15, -0.1) is 0 Å². The first-order valence-electron chi connectivity index (χ1n) is 7.14. The van der Waals surface area contributed by atoms with E-state index in [9.17, 15) is 4.79 Å². The third-order valence-corrected chi connectivity index (χ3v) is 3.47. The van der Waals surface area contributed by atoms with Crippen molar-refractivity contribution in [3.8, 4) is 5.75 Å². The zero-order valence-corrected chi connectivity index (χ0v) is 11.7. The number of amides is 1. The maximum atomic E-state index is 11.7. The first-order valence-corrected chi connectivity index (χ1v) is 7.14. The summed E-state index contributed by atoms with van der Waals surface area (Å²) in [6, 6.07) is 7.31. The van der Waals surface area contributed by atoms with E-state index >= 15 is 0 Å². The lowest BCUT2D eigenvalue weighted by molar-refractivity contribution is -0.121. The van der Waals surface area contributed by atoms with Crippen molar-refractivity contribution >= 4 is 11.6 Å². The number of carbonyl (C=O) groups is 1. The summed E-state index contributed by atoms with van der Waals surface area (Å²) >= 11 is 0. The fourth-order valence-electron chi connectivity index (χ4n) is 2.25. The molecule has 1 aliphatic carbocycles. The highest BCUT2D eigenvalue weighted by molar-refractivity contribution is 5.76. The highest BCUT2D eigenvalue weighted by Gasteiger charge is 2.11. The van der Waals surface area contributed by atoms with Crippen LogP contribution in [-0.4, -0.2) is 19.1 Å². The molecular weight excluding hydrogens is 252 g/mol. The monoisotopic (exact) mass is 274 g/mol. The van der Waals surface area contributed by atoms with Gasteiger partial charge in [-0.2, -0.15) is 0 Å². The minimum atomic E-state index is 0.0362. The number of benzene rings is 1. The molecule has 0 saturated heterocycles. The van der Waals surface area contributed by atoms with Crippen molar-refractivity contribution in [3.63, 3.8) is 0 Å². The molecule has 3 N–H and O–H groups in total. The lowest BCUT2D eigenvalue weighted by Gasteiger charge is -2.18. The van der Waals surface area contributed by atoms with E-state index < -0.39 is 0 Å². The van der Waals surface area contributed by atoms with Gasteiger partial charge in [-0.05, 0) is 37.3 Å². The van der Waals surface area contributed by atoms with Gasteiger partial charge < -0.3 is 15.8 Å². The molecule has 1 aliphatic rings. The molecule has 0 heterocycles. The van der Waals surface area contributed by atoms with Gasteiger partial charge in [0.15, 0.2) is 0 Å². The minimum Gasteiger partial charge on any atom is -0.491 e. The molecule has 1 unspecified atom stereocenters. The van der Waals surface area contributed by atoms with Gasteiger partial charge in [0.2, 0.25) is 5.91 Å². The SMILES string of the molecule is Nc1ccccc1OCCC(=O)NCC1CC=CCC1. The zero-order valence-electron chi connectivity index (χ0n) is 11.7. The number of hydrogen-bond acceptors (Lipinski definition) is 3. The van der Waals surface area contributed by atoms with Crippen LogP contribution < -0.4 is 15.8 Å². The molecule has 0 spiro atoms. The predicted octanol–water partition coefficient (Wildman–Crippen LogP) is 2.51. The van der Waals surface area contributed by atoms with E-state index in [2.05, 4.69) is 17.5 Å². The van der Waals surface area contributed by atoms with Crippen molar-refractivity contribution in [2.75, 3.05) is 18.9 Å². The minimum absolute atomic E-state index is 0.0362. The van der Waals surface area contributed by atoms with Crippen LogP contribution in [0.25, 0.3) is 0 Å². The van der Waals surface area contributed by atoms with Crippen molar-refractivity contribution in [3.05, 3.63) is 36.4 Å². The van der Waals surface area contributed by atoms with Gasteiger partial charge in [0.05, 0.1) is 18.7 Å². The lowest BCUT2D eigenvalue weighted by atomic mass is 9.94. The van der Waals surface area contributed by atoms with Crippen LogP contribution in [-0.2, 0) is 4.79 Å². The molecule has 108 valence electrons. The summed E-state index contributed by atoms with van der Waals surface area (Å²) in [5, 5.41) is 2.97. The number of nitrogen functional groups attached to an aromatic ring is 1. The lowest BCUT2D eigenvalue weighted by Crippen LogP contribution is -2.30. The second kappa shape index (κ2) is 7.58. The van der Waals surface area contributed by atoms with E-state index in [1.807, 2.05) is 18.2 Å². The van der Waals surface area contributed by atoms with Crippen molar-refractivity contribution < 1.29 is 9.53 Å². The van der Waals surface area contributed by atoms with E-state index in [4.69, 9.17) is 10.5 Å². The normalized spacial score (nSPS) is 17.7. The molecule has 20 heavy (non-hydrogen) atoms. The standard InChI is InChI=1S/C16H22N2O2/c17-14-8-4-5-9-15(14)20-11-10-16(19)18-12-13-6-2-1-3-7-13/h1-2,4-5,8-9,13H,3,6-7,10-12,17H2,(H,18,19). The maximum absolute atomic E-state index is 11.7. The van der Waals surface area contributed by atoms with Gasteiger partial charge in [-0.25, -0.2) is 0 Å². The Balaban J connectivity index is 1.63. The third kappa shape index (κ3) is 4.61. The molecule has 4 heteroatoms. The van der Waals surface area contributed by atoms with Gasteiger partial charge in [0, 0.05) is 6.54 Å². The summed E-state index contributed by atoms with van der Waals surface area (Å²) in [5.41, 5.74) is 6.36. The van der Waals surface area contributed by atoms with E-state index in [0.717, 1.165) is 25.8 Å². The Morgan fingerprint density at radius 1 is 1.35 bits per heavy atom. The quantitative estimate of drug-likeness (QED) is 0.619. The molecule has 4 nitrogen and oxygen atoms in total. The van der Waals surface area contributed by atoms with E-state index in [1.54, 1.807) is 6.07 Å². The summed E-state index contributed by atoms with van der Waals surface area (Å²) in [6.07, 6.45) is 8.11. The molecule has 1 amide bonds. The predicted molar refractivity (Wildman–Crippen MR) is 80.5 cm³/mol. The molecular formula is C16H22N2O2. The van der Waals surface area contributed by atoms with E-state index in [0.29, 0.717) is 30.4 Å². The van der Waals surface area contributed by atoms with Gasteiger partial charge in [-0.1, -0.05) is 24.3 Å². The topological polar surface area (TPSA) is 64.3 Å². The van der Waals surface area contributed by atoms with Crippen molar-refractivity contribution in [2.45, 2.75) is 25.7 Å². The fraction of sp³-hybridized carbons (Fsp3) is 0.438.